The molecule has 0 saturated carbocycles. The van der Waals surface area contributed by atoms with Crippen LogP contribution in [0.15, 0.2) is 0 Å². The molecule has 2 N–H and O–H groups in total. The van der Waals surface area contributed by atoms with Crippen LogP contribution in [0.3, 0.4) is 0 Å². The average molecular weight is 144 g/mol. The highest BCUT2D eigenvalue weighted by atomic mass is 32.1. The van der Waals surface area contributed by atoms with Crippen LogP contribution in [0, 0.1) is 5.51 Å². The molecule has 1 heterocycles. The molecule has 0 spiro atoms. The summed E-state index contributed by atoms with van der Waals surface area (Å²) in [7, 11) is 0. The Morgan fingerprint density at radius 3 is 2.67 bits per heavy atom. The highest BCUT2D eigenvalue weighted by Gasteiger charge is 2.01. The van der Waals surface area contributed by atoms with E-state index in [4.69, 9.17) is 10.2 Å². The highest BCUT2D eigenvalue weighted by Crippen LogP contribution is 2.11. The molecule has 9 heavy (non-hydrogen) atoms. The van der Waals surface area contributed by atoms with Crippen molar-refractivity contribution in [1.82, 2.24) is 4.98 Å². The molecule has 0 amide bonds. The number of aliphatic hydroxyl groups excluding tert-OH is 2. The zero-order valence-electron chi connectivity index (χ0n) is 4.66. The van der Waals surface area contributed by atoms with Crippen molar-refractivity contribution in [3.8, 4) is 0 Å². The number of hydrogen-bond donors (Lipinski definition) is 2. The number of aliphatic hydroxyl groups is 2. The van der Waals surface area contributed by atoms with E-state index in [-0.39, 0.29) is 13.2 Å². The van der Waals surface area contributed by atoms with Crippen molar-refractivity contribution in [1.29, 1.82) is 0 Å². The second-order valence-electron chi connectivity index (χ2n) is 1.49. The summed E-state index contributed by atoms with van der Waals surface area (Å²) in [5.41, 5.74) is 3.10. The topological polar surface area (TPSA) is 53.4 Å². The lowest BCUT2D eigenvalue weighted by atomic mass is 10.4. The van der Waals surface area contributed by atoms with Crippen LogP contribution in [0.1, 0.15) is 10.6 Å². The molecule has 1 rings (SSSR count). The second kappa shape index (κ2) is 2.91. The first kappa shape index (κ1) is 6.67. The summed E-state index contributed by atoms with van der Waals surface area (Å²) in [6.45, 7) is -0.174. The molecular formula is C5H6NO2S. The van der Waals surface area contributed by atoms with Gasteiger partial charge in [-0.3, -0.25) is 0 Å². The maximum Gasteiger partial charge on any atom is 0.152 e. The predicted octanol–water partition coefficient (Wildman–Crippen LogP) is -0.0721. The molecule has 0 unspecified atom stereocenters. The van der Waals surface area contributed by atoms with E-state index in [9.17, 15) is 0 Å². The molecule has 0 aliphatic rings. The fraction of sp³-hybridized carbons (Fsp3) is 0.400. The van der Waals surface area contributed by atoms with Crippen LogP contribution >= 0.6 is 11.3 Å². The molecule has 0 fully saturated rings. The number of hydrogen-bond acceptors (Lipinski definition) is 4. The number of thiazole rings is 1. The normalized spacial score (nSPS) is 10.0. The number of nitrogens with zero attached hydrogens (tertiary/aromatic N) is 1. The Labute approximate surface area is 56.6 Å². The zero-order valence-corrected chi connectivity index (χ0v) is 5.48. The van der Waals surface area contributed by atoms with Gasteiger partial charge in [0.15, 0.2) is 5.51 Å². The molecule has 0 atom stereocenters. The Morgan fingerprint density at radius 1 is 1.44 bits per heavy atom. The van der Waals surface area contributed by atoms with Crippen LogP contribution in [0.25, 0.3) is 0 Å². The lowest BCUT2D eigenvalue weighted by Crippen LogP contribution is -1.88. The third-order valence-electron chi connectivity index (χ3n) is 0.965. The molecule has 0 aliphatic heterocycles. The Balaban J connectivity index is 2.85. The van der Waals surface area contributed by atoms with Gasteiger partial charge in [0.05, 0.1) is 23.8 Å². The van der Waals surface area contributed by atoms with Gasteiger partial charge in [-0.05, 0) is 0 Å². The molecule has 1 aromatic heterocycles. The van der Waals surface area contributed by atoms with E-state index in [1.807, 2.05) is 0 Å². The molecule has 0 bridgehead atoms. The standard InChI is InChI=1S/C5H6NO2S/c7-1-4-5(2-8)9-3-6-4/h7-8H,1-2H2. The van der Waals surface area contributed by atoms with Crippen LogP contribution in [-0.4, -0.2) is 15.2 Å². The molecule has 0 saturated heterocycles. The van der Waals surface area contributed by atoms with Crippen molar-refractivity contribution < 1.29 is 10.2 Å². The van der Waals surface area contributed by atoms with E-state index in [0.29, 0.717) is 10.6 Å². The molecule has 0 aromatic carbocycles. The van der Waals surface area contributed by atoms with Crippen LogP contribution in [0.5, 0.6) is 0 Å². The summed E-state index contributed by atoms with van der Waals surface area (Å²) in [6.07, 6.45) is 0. The minimum Gasteiger partial charge on any atom is -0.391 e. The van der Waals surface area contributed by atoms with E-state index >= 15 is 0 Å². The van der Waals surface area contributed by atoms with Gasteiger partial charge < -0.3 is 10.2 Å². The van der Waals surface area contributed by atoms with E-state index in [0.717, 1.165) is 0 Å². The summed E-state index contributed by atoms with van der Waals surface area (Å²) < 4.78 is 0. The van der Waals surface area contributed by atoms with Gasteiger partial charge in [0.2, 0.25) is 0 Å². The highest BCUT2D eigenvalue weighted by molar-refractivity contribution is 7.09. The molecule has 49 valence electrons. The van der Waals surface area contributed by atoms with Crippen LogP contribution in [0.4, 0.5) is 0 Å². The summed E-state index contributed by atoms with van der Waals surface area (Å²) in [5, 5.41) is 17.1. The number of rotatable bonds is 2. The minimum absolute atomic E-state index is 0.0585. The Bertz CT molecular complexity index is 168. The third kappa shape index (κ3) is 1.27. The van der Waals surface area contributed by atoms with Crippen molar-refractivity contribution >= 4 is 11.3 Å². The maximum absolute atomic E-state index is 8.58. The summed E-state index contributed by atoms with van der Waals surface area (Å²) in [6, 6.07) is 0. The maximum atomic E-state index is 8.58. The average Bonchev–Trinajstić information content (AvgIpc) is 2.33. The first-order valence-corrected chi connectivity index (χ1v) is 3.26. The smallest absolute Gasteiger partial charge is 0.152 e. The predicted molar refractivity (Wildman–Crippen MR) is 32.8 cm³/mol. The summed E-state index contributed by atoms with van der Waals surface area (Å²) in [5.74, 6) is 0. The van der Waals surface area contributed by atoms with Crippen molar-refractivity contribution in [2.75, 3.05) is 0 Å². The monoisotopic (exact) mass is 144 g/mol. The fourth-order valence-electron chi connectivity index (χ4n) is 0.501. The van der Waals surface area contributed by atoms with Crippen LogP contribution < -0.4 is 0 Å². The molecule has 1 radical (unpaired) electrons. The molecule has 3 nitrogen and oxygen atoms in total. The van der Waals surface area contributed by atoms with E-state index in [2.05, 4.69) is 10.5 Å². The van der Waals surface area contributed by atoms with E-state index in [1.165, 1.54) is 11.3 Å². The summed E-state index contributed by atoms with van der Waals surface area (Å²) in [4.78, 5) is 4.38. The van der Waals surface area contributed by atoms with Crippen molar-refractivity contribution in [3.63, 3.8) is 0 Å². The van der Waals surface area contributed by atoms with Gasteiger partial charge >= 0.3 is 0 Å². The quantitative estimate of drug-likeness (QED) is 0.610. The van der Waals surface area contributed by atoms with Crippen molar-refractivity contribution in [2.24, 2.45) is 0 Å². The molecule has 4 heteroatoms. The van der Waals surface area contributed by atoms with E-state index in [1.54, 1.807) is 0 Å². The zero-order chi connectivity index (χ0) is 6.69. The first-order valence-electron chi connectivity index (χ1n) is 2.45. The number of aromatic nitrogens is 1. The third-order valence-corrected chi connectivity index (χ3v) is 1.76. The molecule has 0 aliphatic carbocycles. The Kier molecular flexibility index (Phi) is 2.16. The van der Waals surface area contributed by atoms with Crippen LogP contribution in [-0.2, 0) is 13.2 Å². The lowest BCUT2D eigenvalue weighted by Gasteiger charge is -1.89. The molecular weight excluding hydrogens is 138 g/mol. The van der Waals surface area contributed by atoms with Gasteiger partial charge in [-0.25, -0.2) is 4.98 Å². The van der Waals surface area contributed by atoms with Gasteiger partial charge in [0, 0.05) is 0 Å². The summed E-state index contributed by atoms with van der Waals surface area (Å²) >= 11 is 1.23. The second-order valence-corrected chi connectivity index (χ2v) is 2.37. The van der Waals surface area contributed by atoms with Gasteiger partial charge in [0.25, 0.3) is 0 Å². The van der Waals surface area contributed by atoms with Gasteiger partial charge in [-0.2, -0.15) is 0 Å². The SMILES string of the molecule is OCc1n[c]sc1CO. The van der Waals surface area contributed by atoms with E-state index < -0.39 is 0 Å². The minimum atomic E-state index is -0.115. The van der Waals surface area contributed by atoms with Gasteiger partial charge in [-0.15, -0.1) is 11.3 Å². The Morgan fingerprint density at radius 2 is 2.22 bits per heavy atom. The van der Waals surface area contributed by atoms with Gasteiger partial charge in [0.1, 0.15) is 0 Å². The van der Waals surface area contributed by atoms with Crippen molar-refractivity contribution in [2.45, 2.75) is 13.2 Å². The molecule has 1 aromatic rings. The van der Waals surface area contributed by atoms with Crippen LogP contribution in [0.2, 0.25) is 0 Å². The Hall–Kier alpha value is -0.450. The first-order chi connectivity index (χ1) is 4.38. The lowest BCUT2D eigenvalue weighted by molar-refractivity contribution is 0.259. The fourth-order valence-corrected chi connectivity index (χ4v) is 1.06. The van der Waals surface area contributed by atoms with Gasteiger partial charge in [-0.1, -0.05) is 0 Å². The van der Waals surface area contributed by atoms with Crippen molar-refractivity contribution in [3.05, 3.63) is 16.1 Å². The largest absolute Gasteiger partial charge is 0.391 e.